The van der Waals surface area contributed by atoms with Gasteiger partial charge >= 0.3 is 0 Å². The molecule has 5 fully saturated rings. The summed E-state index contributed by atoms with van der Waals surface area (Å²) in [7, 11) is 0. The molecular weight excluding hydrogens is 494 g/mol. The number of ether oxygens (including phenoxy) is 1. The highest BCUT2D eigenvalue weighted by Gasteiger charge is 2.47. The van der Waals surface area contributed by atoms with Crippen molar-refractivity contribution in [1.29, 1.82) is 5.26 Å². The summed E-state index contributed by atoms with van der Waals surface area (Å²) in [5.41, 5.74) is 2.96. The molecule has 5 aliphatic heterocycles. The molecule has 4 bridgehead atoms. The van der Waals surface area contributed by atoms with Gasteiger partial charge in [0.25, 0.3) is 0 Å². The molecule has 3 aromatic rings. The first-order chi connectivity index (χ1) is 19.0. The zero-order chi connectivity index (χ0) is 26.7. The predicted octanol–water partition coefficient (Wildman–Crippen LogP) is 2.44. The highest BCUT2D eigenvalue weighted by Crippen LogP contribution is 2.38. The second kappa shape index (κ2) is 9.50. The molecule has 1 N–H and O–H groups in total. The number of piperidine rings is 1. The van der Waals surface area contributed by atoms with Gasteiger partial charge in [0.2, 0.25) is 5.91 Å². The predicted molar refractivity (Wildman–Crippen MR) is 144 cm³/mol. The molecule has 5 saturated heterocycles. The molecule has 5 aliphatic rings. The van der Waals surface area contributed by atoms with Gasteiger partial charge < -0.3 is 19.6 Å². The number of carbonyl (C=O) groups excluding carboxylic acids is 1. The lowest BCUT2D eigenvalue weighted by molar-refractivity contribution is -0.145. The quantitative estimate of drug-likeness (QED) is 0.499. The fraction of sp³-hybridized carbons (Fsp3) is 0.517. The Morgan fingerprint density at radius 1 is 1.18 bits per heavy atom. The van der Waals surface area contributed by atoms with Crippen molar-refractivity contribution in [3.8, 4) is 22.9 Å². The van der Waals surface area contributed by atoms with Gasteiger partial charge in [-0.15, -0.1) is 0 Å². The number of hydrogen-bond acceptors (Lipinski definition) is 8. The number of carbonyl (C=O) groups is 1. The summed E-state index contributed by atoms with van der Waals surface area (Å²) in [4.78, 5) is 23.7. The van der Waals surface area contributed by atoms with Crippen LogP contribution in [0.2, 0.25) is 0 Å². The van der Waals surface area contributed by atoms with E-state index < -0.39 is 0 Å². The van der Waals surface area contributed by atoms with E-state index in [9.17, 15) is 15.2 Å². The summed E-state index contributed by atoms with van der Waals surface area (Å²) >= 11 is 0. The molecule has 8 rings (SSSR count). The Kier molecular flexibility index (Phi) is 5.94. The fourth-order valence-electron chi connectivity index (χ4n) is 7.28. The number of hydrogen-bond donors (Lipinski definition) is 1. The first-order valence-corrected chi connectivity index (χ1v) is 14.0. The minimum Gasteiger partial charge on any atom is -0.491 e. The van der Waals surface area contributed by atoms with Crippen LogP contribution in [-0.4, -0.2) is 91.9 Å². The van der Waals surface area contributed by atoms with Gasteiger partial charge in [-0.25, -0.2) is 9.50 Å². The molecule has 5 atom stereocenters. The Morgan fingerprint density at radius 3 is 2.69 bits per heavy atom. The Morgan fingerprint density at radius 2 is 2.03 bits per heavy atom. The van der Waals surface area contributed by atoms with Crippen molar-refractivity contribution in [2.45, 2.75) is 69.3 Å². The maximum absolute atomic E-state index is 12.2. The van der Waals surface area contributed by atoms with E-state index >= 15 is 0 Å². The van der Waals surface area contributed by atoms with Crippen molar-refractivity contribution < 1.29 is 14.6 Å². The third kappa shape index (κ3) is 4.03. The topological polar surface area (TPSA) is 110 Å². The second-order valence-corrected chi connectivity index (χ2v) is 11.2. The van der Waals surface area contributed by atoms with Crippen LogP contribution in [0, 0.1) is 11.3 Å². The van der Waals surface area contributed by atoms with Crippen LogP contribution in [0.5, 0.6) is 5.75 Å². The number of nitrogens with zero attached hydrogens (tertiary/aromatic N) is 7. The molecule has 1 amide bonds. The summed E-state index contributed by atoms with van der Waals surface area (Å²) < 4.78 is 7.89. The van der Waals surface area contributed by atoms with E-state index in [4.69, 9.17) is 9.72 Å². The molecule has 0 saturated carbocycles. The first kappa shape index (κ1) is 24.4. The van der Waals surface area contributed by atoms with Crippen LogP contribution in [0.15, 0.2) is 36.8 Å². The van der Waals surface area contributed by atoms with Crippen molar-refractivity contribution >= 4 is 17.2 Å². The van der Waals surface area contributed by atoms with E-state index in [1.54, 1.807) is 10.7 Å². The molecule has 0 radical (unpaired) electrons. The van der Waals surface area contributed by atoms with E-state index in [2.05, 4.69) is 21.0 Å². The van der Waals surface area contributed by atoms with Crippen LogP contribution in [0.25, 0.3) is 16.6 Å². The van der Waals surface area contributed by atoms with Crippen molar-refractivity contribution in [2.24, 2.45) is 0 Å². The summed E-state index contributed by atoms with van der Waals surface area (Å²) in [6.45, 7) is 4.82. The van der Waals surface area contributed by atoms with Gasteiger partial charge in [0.1, 0.15) is 24.2 Å². The number of aliphatic hydroxyl groups excluding tert-OH is 1. The van der Waals surface area contributed by atoms with Crippen LogP contribution >= 0.6 is 0 Å². The SMILES string of the molecule is CCC(=O)N1C2CC1CN(c1ccc(-c3cc(OCCN4C5CCC4C(O)C5)cn4ncc(C#N)c34)cn1)C2. The summed E-state index contributed by atoms with van der Waals surface area (Å²) in [6, 6.07) is 9.54. The molecule has 0 aromatic carbocycles. The molecule has 3 aromatic heterocycles. The Labute approximate surface area is 227 Å². The van der Waals surface area contributed by atoms with Gasteiger partial charge in [-0.1, -0.05) is 6.92 Å². The highest BCUT2D eigenvalue weighted by molar-refractivity contribution is 5.85. The molecule has 202 valence electrons. The number of fused-ring (bicyclic) bond motifs is 5. The van der Waals surface area contributed by atoms with Gasteiger partial charge in [-0.3, -0.25) is 9.69 Å². The third-order valence-electron chi connectivity index (χ3n) is 9.14. The number of nitriles is 1. The second-order valence-electron chi connectivity index (χ2n) is 11.2. The zero-order valence-electron chi connectivity index (χ0n) is 22.1. The zero-order valence-corrected chi connectivity index (χ0v) is 22.1. The summed E-state index contributed by atoms with van der Waals surface area (Å²) in [5.74, 6) is 1.82. The van der Waals surface area contributed by atoms with Gasteiger partial charge in [0.15, 0.2) is 0 Å². The third-order valence-corrected chi connectivity index (χ3v) is 9.14. The fourth-order valence-corrected chi connectivity index (χ4v) is 7.28. The van der Waals surface area contributed by atoms with E-state index in [0.717, 1.165) is 67.8 Å². The van der Waals surface area contributed by atoms with Crippen LogP contribution in [0.4, 0.5) is 5.82 Å². The summed E-state index contributed by atoms with van der Waals surface area (Å²) in [5, 5.41) is 24.4. The number of anilines is 1. The van der Waals surface area contributed by atoms with Crippen molar-refractivity contribution in [3.63, 3.8) is 0 Å². The van der Waals surface area contributed by atoms with Crippen molar-refractivity contribution in [1.82, 2.24) is 24.4 Å². The van der Waals surface area contributed by atoms with Gasteiger partial charge in [-0.2, -0.15) is 10.4 Å². The molecule has 8 heterocycles. The number of aromatic nitrogens is 3. The standard InChI is InChI=1S/C29H33N7O3/c1-2-28(38)36-21-9-22(36)16-33(15-21)27-6-3-18(13-31-27)24-11-23(17-35-29(24)19(12-30)14-32-35)39-8-7-34-20-4-5-25(34)26(37)10-20/h3,6,11,13-14,17,20-22,25-26,37H,2,4-5,7-10,15-16H2,1H3. The van der Waals surface area contributed by atoms with Gasteiger partial charge in [0.05, 0.1) is 41.7 Å². The van der Waals surface area contributed by atoms with Crippen molar-refractivity contribution in [2.75, 3.05) is 31.1 Å². The molecule has 10 heteroatoms. The van der Waals surface area contributed by atoms with Crippen LogP contribution < -0.4 is 9.64 Å². The maximum Gasteiger partial charge on any atom is 0.222 e. The lowest BCUT2D eigenvalue weighted by Crippen LogP contribution is -2.70. The van der Waals surface area contributed by atoms with Gasteiger partial charge in [-0.05, 0) is 43.9 Å². The molecule has 10 nitrogen and oxygen atoms in total. The average molecular weight is 528 g/mol. The van der Waals surface area contributed by atoms with E-state index in [-0.39, 0.29) is 30.1 Å². The monoisotopic (exact) mass is 527 g/mol. The van der Waals surface area contributed by atoms with Crippen molar-refractivity contribution in [3.05, 3.63) is 42.4 Å². The van der Waals surface area contributed by atoms with E-state index in [0.29, 0.717) is 30.4 Å². The van der Waals surface area contributed by atoms with Crippen LogP contribution in [0.3, 0.4) is 0 Å². The number of aliphatic hydroxyl groups is 1. The number of piperazine rings is 1. The number of amides is 1. The normalized spacial score (nSPS) is 27.6. The van der Waals surface area contributed by atoms with Crippen LogP contribution in [0.1, 0.15) is 44.6 Å². The van der Waals surface area contributed by atoms with E-state index in [1.165, 1.54) is 0 Å². The average Bonchev–Trinajstić information content (AvgIpc) is 3.64. The first-order valence-electron chi connectivity index (χ1n) is 14.0. The van der Waals surface area contributed by atoms with E-state index in [1.807, 2.05) is 42.4 Å². The number of pyridine rings is 2. The minimum atomic E-state index is -0.218. The Balaban J connectivity index is 1.10. The molecular formula is C29H33N7O3. The van der Waals surface area contributed by atoms with Gasteiger partial charge in [0, 0.05) is 55.5 Å². The lowest BCUT2D eigenvalue weighted by atomic mass is 9.87. The largest absolute Gasteiger partial charge is 0.491 e. The summed E-state index contributed by atoms with van der Waals surface area (Å²) in [6.07, 6.45) is 9.73. The maximum atomic E-state index is 12.2. The molecule has 0 aliphatic carbocycles. The molecule has 0 spiro atoms. The Hall–Kier alpha value is -3.68. The number of rotatable bonds is 7. The highest BCUT2D eigenvalue weighted by atomic mass is 16.5. The molecule has 5 unspecified atom stereocenters. The molecule has 39 heavy (non-hydrogen) atoms. The Bertz CT molecular complexity index is 1440. The minimum absolute atomic E-state index is 0.218. The lowest BCUT2D eigenvalue weighted by Gasteiger charge is -2.56. The smallest absolute Gasteiger partial charge is 0.222 e. The van der Waals surface area contributed by atoms with Crippen LogP contribution in [-0.2, 0) is 4.79 Å².